The monoisotopic (exact) mass is 287 g/mol. The molecule has 0 saturated carbocycles. The third kappa shape index (κ3) is 3.67. The van der Waals surface area contributed by atoms with Gasteiger partial charge in [-0.3, -0.25) is 0 Å². The maximum atomic E-state index is 4.68. The summed E-state index contributed by atoms with van der Waals surface area (Å²) in [5.74, 6) is 1.33. The minimum absolute atomic E-state index is 0.577. The lowest BCUT2D eigenvalue weighted by atomic mass is 9.98. The van der Waals surface area contributed by atoms with Crippen LogP contribution in [0.15, 0.2) is 12.5 Å². The Morgan fingerprint density at radius 3 is 2.43 bits per heavy atom. The summed E-state index contributed by atoms with van der Waals surface area (Å²) in [7, 11) is 1.96. The zero-order valence-electron chi connectivity index (χ0n) is 13.6. The zero-order valence-corrected chi connectivity index (χ0v) is 13.6. The lowest BCUT2D eigenvalue weighted by Gasteiger charge is -2.16. The van der Waals surface area contributed by atoms with Gasteiger partial charge in [-0.2, -0.15) is 0 Å². The first kappa shape index (κ1) is 15.6. The van der Waals surface area contributed by atoms with Crippen LogP contribution in [0, 0.1) is 19.8 Å². The Labute approximate surface area is 126 Å². The minimum Gasteiger partial charge on any atom is -0.331 e. The second kappa shape index (κ2) is 6.80. The summed E-state index contributed by atoms with van der Waals surface area (Å²) in [6.45, 7) is 10.6. The Kier molecular flexibility index (Phi) is 5.07. The van der Waals surface area contributed by atoms with Crippen LogP contribution in [-0.2, 0) is 13.5 Å². The molecular weight excluding hydrogens is 262 g/mol. The topological polar surface area (TPSA) is 55.6 Å². The molecule has 5 heteroatoms. The quantitative estimate of drug-likeness (QED) is 0.885. The highest BCUT2D eigenvalue weighted by Gasteiger charge is 2.14. The molecule has 0 aliphatic carbocycles. The van der Waals surface area contributed by atoms with E-state index in [2.05, 4.69) is 48.0 Å². The molecule has 21 heavy (non-hydrogen) atoms. The molecule has 0 amide bonds. The van der Waals surface area contributed by atoms with Crippen molar-refractivity contribution in [2.45, 2.75) is 34.1 Å². The fourth-order valence-corrected chi connectivity index (χ4v) is 2.53. The Morgan fingerprint density at radius 2 is 1.90 bits per heavy atom. The molecular formula is C16H25N5. The van der Waals surface area contributed by atoms with Gasteiger partial charge >= 0.3 is 0 Å². The molecule has 1 unspecified atom stereocenters. The van der Waals surface area contributed by atoms with Crippen LogP contribution in [-0.4, -0.2) is 32.6 Å². The van der Waals surface area contributed by atoms with Gasteiger partial charge in [0.25, 0.3) is 0 Å². The molecule has 0 bridgehead atoms. The maximum absolute atomic E-state index is 4.68. The van der Waals surface area contributed by atoms with Crippen molar-refractivity contribution in [1.29, 1.82) is 0 Å². The fraction of sp³-hybridized carbons (Fsp3) is 0.562. The second-order valence-electron chi connectivity index (χ2n) is 5.70. The number of nitrogens with one attached hydrogen (secondary N) is 1. The Balaban J connectivity index is 2.24. The Bertz CT molecular complexity index is 579. The van der Waals surface area contributed by atoms with Crippen molar-refractivity contribution in [3.05, 3.63) is 29.5 Å². The van der Waals surface area contributed by atoms with E-state index in [0.717, 1.165) is 42.4 Å². The summed E-state index contributed by atoms with van der Waals surface area (Å²) >= 11 is 0. The molecule has 0 aliphatic rings. The Morgan fingerprint density at radius 1 is 1.24 bits per heavy atom. The summed E-state index contributed by atoms with van der Waals surface area (Å²) in [5.41, 5.74) is 4.36. The Hall–Kier alpha value is -1.75. The molecule has 0 aliphatic heterocycles. The average Bonchev–Trinajstić information content (AvgIpc) is 2.86. The van der Waals surface area contributed by atoms with Crippen LogP contribution in [0.25, 0.3) is 11.5 Å². The van der Waals surface area contributed by atoms with Crippen LogP contribution >= 0.6 is 0 Å². The van der Waals surface area contributed by atoms with Gasteiger partial charge in [-0.05, 0) is 44.8 Å². The smallest absolute Gasteiger partial charge is 0.178 e. The number of hydrogen-bond donors (Lipinski definition) is 1. The van der Waals surface area contributed by atoms with Gasteiger partial charge in [-0.15, -0.1) is 0 Å². The molecule has 1 atom stereocenters. The van der Waals surface area contributed by atoms with Gasteiger partial charge in [-0.25, -0.2) is 15.0 Å². The van der Waals surface area contributed by atoms with Gasteiger partial charge in [0.2, 0.25) is 0 Å². The fourth-order valence-electron chi connectivity index (χ4n) is 2.53. The van der Waals surface area contributed by atoms with E-state index in [9.17, 15) is 0 Å². The molecule has 5 nitrogen and oxygen atoms in total. The van der Waals surface area contributed by atoms with Crippen molar-refractivity contribution in [2.24, 2.45) is 13.0 Å². The van der Waals surface area contributed by atoms with Crippen molar-refractivity contribution in [1.82, 2.24) is 24.8 Å². The number of aromatic nitrogens is 4. The standard InChI is InChI=1S/C16H25N5/c1-6-17-8-11(2)7-14-12(3)19-16(20-13(14)4)15-9-18-10-21(15)5/h9-11,17H,6-8H2,1-5H3. The van der Waals surface area contributed by atoms with E-state index in [1.54, 1.807) is 6.33 Å². The van der Waals surface area contributed by atoms with Crippen molar-refractivity contribution < 1.29 is 0 Å². The number of nitrogens with zero attached hydrogens (tertiary/aromatic N) is 4. The first-order valence-corrected chi connectivity index (χ1v) is 7.54. The SMILES string of the molecule is CCNCC(C)Cc1c(C)nc(-c2cncn2C)nc1C. The zero-order chi connectivity index (χ0) is 15.4. The van der Waals surface area contributed by atoms with Gasteiger partial charge in [0.15, 0.2) is 5.82 Å². The van der Waals surface area contributed by atoms with Crippen molar-refractivity contribution in [2.75, 3.05) is 13.1 Å². The van der Waals surface area contributed by atoms with Crippen LogP contribution in [0.2, 0.25) is 0 Å². The molecule has 0 radical (unpaired) electrons. The third-order valence-electron chi connectivity index (χ3n) is 3.76. The van der Waals surface area contributed by atoms with Gasteiger partial charge < -0.3 is 9.88 Å². The summed E-state index contributed by atoms with van der Waals surface area (Å²) in [4.78, 5) is 13.5. The van der Waals surface area contributed by atoms with Gasteiger partial charge in [0.05, 0.1) is 12.5 Å². The maximum Gasteiger partial charge on any atom is 0.178 e. The molecule has 1 N–H and O–H groups in total. The highest BCUT2D eigenvalue weighted by molar-refractivity contribution is 5.50. The lowest BCUT2D eigenvalue weighted by Crippen LogP contribution is -2.22. The molecule has 2 aromatic heterocycles. The van der Waals surface area contributed by atoms with E-state index in [1.165, 1.54) is 5.56 Å². The molecule has 0 fully saturated rings. The van der Waals surface area contributed by atoms with Crippen LogP contribution in [0.1, 0.15) is 30.8 Å². The highest BCUT2D eigenvalue weighted by Crippen LogP contribution is 2.20. The van der Waals surface area contributed by atoms with E-state index in [1.807, 2.05) is 17.8 Å². The first-order chi connectivity index (χ1) is 10.0. The van der Waals surface area contributed by atoms with Crippen LogP contribution in [0.3, 0.4) is 0 Å². The molecule has 2 aromatic rings. The first-order valence-electron chi connectivity index (χ1n) is 7.54. The van der Waals surface area contributed by atoms with Crippen LogP contribution < -0.4 is 5.32 Å². The van der Waals surface area contributed by atoms with Gasteiger partial charge in [0.1, 0.15) is 5.69 Å². The lowest BCUT2D eigenvalue weighted by molar-refractivity contribution is 0.517. The third-order valence-corrected chi connectivity index (χ3v) is 3.76. The molecule has 0 saturated heterocycles. The second-order valence-corrected chi connectivity index (χ2v) is 5.70. The van der Waals surface area contributed by atoms with Crippen molar-refractivity contribution in [3.8, 4) is 11.5 Å². The van der Waals surface area contributed by atoms with E-state index < -0.39 is 0 Å². The molecule has 2 rings (SSSR count). The van der Waals surface area contributed by atoms with Crippen LogP contribution in [0.5, 0.6) is 0 Å². The minimum atomic E-state index is 0.577. The largest absolute Gasteiger partial charge is 0.331 e. The summed E-state index contributed by atoms with van der Waals surface area (Å²) in [5, 5.41) is 3.40. The summed E-state index contributed by atoms with van der Waals surface area (Å²) in [6.07, 6.45) is 4.59. The van der Waals surface area contributed by atoms with Gasteiger partial charge in [0, 0.05) is 18.4 Å². The van der Waals surface area contributed by atoms with Crippen molar-refractivity contribution in [3.63, 3.8) is 0 Å². The predicted octanol–water partition coefficient (Wildman–Crippen LogP) is 2.28. The van der Waals surface area contributed by atoms with E-state index in [0.29, 0.717) is 5.92 Å². The van der Waals surface area contributed by atoms with Gasteiger partial charge in [-0.1, -0.05) is 13.8 Å². The van der Waals surface area contributed by atoms with E-state index >= 15 is 0 Å². The summed E-state index contributed by atoms with van der Waals surface area (Å²) in [6, 6.07) is 0. The molecule has 114 valence electrons. The van der Waals surface area contributed by atoms with E-state index in [-0.39, 0.29) is 0 Å². The number of hydrogen-bond acceptors (Lipinski definition) is 4. The number of aryl methyl sites for hydroxylation is 3. The van der Waals surface area contributed by atoms with Crippen molar-refractivity contribution >= 4 is 0 Å². The summed E-state index contributed by atoms with van der Waals surface area (Å²) < 4.78 is 1.95. The van der Waals surface area contributed by atoms with E-state index in [4.69, 9.17) is 0 Å². The number of imidazole rings is 1. The highest BCUT2D eigenvalue weighted by atomic mass is 15.1. The average molecular weight is 287 g/mol. The normalized spacial score (nSPS) is 12.6. The number of rotatable bonds is 6. The molecule has 0 aromatic carbocycles. The van der Waals surface area contributed by atoms with Crippen LogP contribution in [0.4, 0.5) is 0 Å². The predicted molar refractivity (Wildman–Crippen MR) is 85.1 cm³/mol. The molecule has 2 heterocycles. The molecule has 0 spiro atoms.